The van der Waals surface area contributed by atoms with Gasteiger partial charge in [-0.1, -0.05) is 6.07 Å². The third kappa shape index (κ3) is 4.02. The largest absolute Gasteiger partial charge is 0.465 e. The highest BCUT2D eigenvalue weighted by atomic mass is 16.6. The van der Waals surface area contributed by atoms with Crippen LogP contribution in [-0.2, 0) is 9.47 Å². The van der Waals surface area contributed by atoms with Gasteiger partial charge in [-0.2, -0.15) is 0 Å². The van der Waals surface area contributed by atoms with E-state index in [-0.39, 0.29) is 22.5 Å². The number of nitrogens with one attached hydrogen (secondary N) is 1. The van der Waals surface area contributed by atoms with Crippen molar-refractivity contribution in [2.24, 2.45) is 0 Å². The number of Topliss-reactive ketones (excluding diaryl/α,β-unsaturated/α-hetero) is 1. The van der Waals surface area contributed by atoms with E-state index < -0.39 is 28.7 Å². The first-order valence-electron chi connectivity index (χ1n) is 7.94. The molecule has 142 valence electrons. The Bertz CT molecular complexity index is 930. The molecule has 1 heterocycles. The van der Waals surface area contributed by atoms with E-state index >= 15 is 0 Å². The van der Waals surface area contributed by atoms with Gasteiger partial charge in [-0.05, 0) is 32.4 Å². The molecule has 0 spiro atoms. The van der Waals surface area contributed by atoms with Crippen molar-refractivity contribution in [3.8, 4) is 0 Å². The van der Waals surface area contributed by atoms with Gasteiger partial charge in [0, 0.05) is 17.8 Å². The van der Waals surface area contributed by atoms with Crippen LogP contribution in [0, 0.1) is 24.0 Å². The highest BCUT2D eigenvalue weighted by Crippen LogP contribution is 2.21. The molecular formula is C18H18N2O7. The van der Waals surface area contributed by atoms with Crippen LogP contribution in [0.1, 0.15) is 49.4 Å². The summed E-state index contributed by atoms with van der Waals surface area (Å²) in [4.78, 5) is 49.6. The number of nitrogens with zero attached hydrogens (tertiary/aromatic N) is 1. The number of aromatic amines is 1. The topological polar surface area (TPSA) is 129 Å². The molecule has 0 aliphatic carbocycles. The molecule has 2 rings (SSSR count). The molecule has 0 saturated carbocycles. The minimum absolute atomic E-state index is 0.0431. The van der Waals surface area contributed by atoms with E-state index in [1.807, 2.05) is 0 Å². The molecular weight excluding hydrogens is 356 g/mol. The molecule has 0 saturated heterocycles. The zero-order valence-electron chi connectivity index (χ0n) is 15.2. The molecule has 2 aromatic rings. The number of nitro groups is 1. The summed E-state index contributed by atoms with van der Waals surface area (Å²) >= 11 is 0. The number of carbonyl (C=O) groups excluding carboxylic acids is 3. The monoisotopic (exact) mass is 374 g/mol. The lowest BCUT2D eigenvalue weighted by Gasteiger charge is -2.12. The number of H-pyrrole nitrogens is 1. The molecule has 0 aliphatic heterocycles. The van der Waals surface area contributed by atoms with Gasteiger partial charge in [0.2, 0.25) is 5.78 Å². The number of nitro benzene ring substituents is 1. The normalized spacial score (nSPS) is 11.6. The second-order valence-electron chi connectivity index (χ2n) is 5.84. The average molecular weight is 374 g/mol. The minimum atomic E-state index is -1.17. The molecule has 1 atom stereocenters. The third-order valence-corrected chi connectivity index (χ3v) is 4.02. The maximum Gasteiger partial charge on any atom is 0.339 e. The second kappa shape index (κ2) is 7.81. The van der Waals surface area contributed by atoms with E-state index in [9.17, 15) is 24.5 Å². The zero-order chi connectivity index (χ0) is 20.3. The molecule has 0 fully saturated rings. The van der Waals surface area contributed by atoms with E-state index in [1.165, 1.54) is 32.2 Å². The van der Waals surface area contributed by atoms with Crippen molar-refractivity contribution in [2.45, 2.75) is 26.9 Å². The van der Waals surface area contributed by atoms with Crippen LogP contribution in [0.3, 0.4) is 0 Å². The lowest BCUT2D eigenvalue weighted by molar-refractivity contribution is -0.384. The van der Waals surface area contributed by atoms with Gasteiger partial charge < -0.3 is 14.5 Å². The highest BCUT2D eigenvalue weighted by Gasteiger charge is 2.27. The number of benzene rings is 1. The number of hydrogen-bond donors (Lipinski definition) is 1. The number of hydrogen-bond acceptors (Lipinski definition) is 7. The Balaban J connectivity index is 2.21. The average Bonchev–Trinajstić information content (AvgIpc) is 2.94. The Morgan fingerprint density at radius 2 is 1.85 bits per heavy atom. The number of rotatable bonds is 6. The van der Waals surface area contributed by atoms with Crippen LogP contribution < -0.4 is 0 Å². The summed E-state index contributed by atoms with van der Waals surface area (Å²) in [5, 5.41) is 10.8. The van der Waals surface area contributed by atoms with E-state index in [4.69, 9.17) is 9.47 Å². The van der Waals surface area contributed by atoms with Crippen molar-refractivity contribution < 1.29 is 28.8 Å². The smallest absolute Gasteiger partial charge is 0.339 e. The number of aromatic nitrogens is 1. The summed E-state index contributed by atoms with van der Waals surface area (Å²) < 4.78 is 9.82. The maximum absolute atomic E-state index is 12.6. The molecule has 1 aromatic carbocycles. The zero-order valence-corrected chi connectivity index (χ0v) is 15.2. The van der Waals surface area contributed by atoms with Crippen LogP contribution in [0.25, 0.3) is 0 Å². The number of methoxy groups -OCH3 is 1. The Morgan fingerprint density at radius 1 is 1.19 bits per heavy atom. The van der Waals surface area contributed by atoms with E-state index in [0.29, 0.717) is 11.3 Å². The van der Waals surface area contributed by atoms with Crippen LogP contribution in [-0.4, -0.2) is 40.8 Å². The number of carbonyl (C=O) groups is 3. The summed E-state index contributed by atoms with van der Waals surface area (Å²) in [5.41, 5.74) is 0.924. The van der Waals surface area contributed by atoms with Crippen LogP contribution >= 0.6 is 0 Å². The van der Waals surface area contributed by atoms with Gasteiger partial charge in [0.05, 0.1) is 28.9 Å². The minimum Gasteiger partial charge on any atom is -0.465 e. The van der Waals surface area contributed by atoms with Gasteiger partial charge in [0.15, 0.2) is 6.10 Å². The predicted octanol–water partition coefficient (Wildman–Crippen LogP) is 2.75. The van der Waals surface area contributed by atoms with Gasteiger partial charge in [-0.15, -0.1) is 0 Å². The standard InChI is InChI=1S/C18H18N2O7/c1-9-14(18(23)26-4)10(2)19-15(9)16(21)11(3)27-17(22)12-6-5-7-13(8-12)20(24)25/h5-8,11,19H,1-4H3. The van der Waals surface area contributed by atoms with Crippen LogP contribution in [0.5, 0.6) is 0 Å². The van der Waals surface area contributed by atoms with Crippen LogP contribution in [0.4, 0.5) is 5.69 Å². The lowest BCUT2D eigenvalue weighted by atomic mass is 10.1. The maximum atomic E-state index is 12.6. The first-order valence-corrected chi connectivity index (χ1v) is 7.94. The lowest BCUT2D eigenvalue weighted by Crippen LogP contribution is -2.25. The number of esters is 2. The predicted molar refractivity (Wildman–Crippen MR) is 93.9 cm³/mol. The van der Waals surface area contributed by atoms with Gasteiger partial charge >= 0.3 is 11.9 Å². The van der Waals surface area contributed by atoms with Crippen molar-refractivity contribution in [1.29, 1.82) is 0 Å². The van der Waals surface area contributed by atoms with E-state index in [0.717, 1.165) is 6.07 Å². The molecule has 0 bridgehead atoms. The Kier molecular flexibility index (Phi) is 5.74. The summed E-state index contributed by atoms with van der Waals surface area (Å²) in [5.74, 6) is -1.99. The van der Waals surface area contributed by atoms with Crippen molar-refractivity contribution >= 4 is 23.4 Å². The molecule has 0 aliphatic rings. The fraction of sp³-hybridized carbons (Fsp3) is 0.278. The number of ether oxygens (including phenoxy) is 2. The number of ketones is 1. The van der Waals surface area contributed by atoms with Crippen molar-refractivity contribution in [2.75, 3.05) is 7.11 Å². The Hall–Kier alpha value is -3.49. The first kappa shape index (κ1) is 19.8. The van der Waals surface area contributed by atoms with Gasteiger partial charge in [0.1, 0.15) is 0 Å². The molecule has 1 aromatic heterocycles. The van der Waals surface area contributed by atoms with Crippen molar-refractivity contribution in [3.63, 3.8) is 0 Å². The molecule has 0 amide bonds. The molecule has 0 radical (unpaired) electrons. The summed E-state index contributed by atoms with van der Waals surface area (Å²) in [6.07, 6.45) is -1.17. The highest BCUT2D eigenvalue weighted by molar-refractivity contribution is 6.04. The fourth-order valence-corrected chi connectivity index (χ4v) is 2.64. The second-order valence-corrected chi connectivity index (χ2v) is 5.84. The molecule has 1 N–H and O–H groups in total. The SMILES string of the molecule is COC(=O)c1c(C)[nH]c(C(=O)C(C)OC(=O)c2cccc([N+](=O)[O-])c2)c1C. The van der Waals surface area contributed by atoms with Crippen molar-refractivity contribution in [1.82, 2.24) is 4.98 Å². The summed E-state index contributed by atoms with van der Waals surface area (Å²) in [6.45, 7) is 4.58. The molecule has 9 nitrogen and oxygen atoms in total. The van der Waals surface area contributed by atoms with E-state index in [2.05, 4.69) is 4.98 Å². The molecule has 27 heavy (non-hydrogen) atoms. The Labute approximate surface area is 154 Å². The van der Waals surface area contributed by atoms with Crippen molar-refractivity contribution in [3.05, 3.63) is 62.5 Å². The summed E-state index contributed by atoms with van der Waals surface area (Å²) in [6, 6.07) is 5.01. The number of non-ortho nitro benzene ring substituents is 1. The number of aryl methyl sites for hydroxylation is 1. The van der Waals surface area contributed by atoms with Crippen LogP contribution in [0.15, 0.2) is 24.3 Å². The van der Waals surface area contributed by atoms with Gasteiger partial charge in [-0.25, -0.2) is 9.59 Å². The Morgan fingerprint density at radius 3 is 2.44 bits per heavy atom. The van der Waals surface area contributed by atoms with Gasteiger partial charge in [-0.3, -0.25) is 14.9 Å². The summed E-state index contributed by atoms with van der Waals surface area (Å²) in [7, 11) is 1.24. The van der Waals surface area contributed by atoms with Crippen LogP contribution in [0.2, 0.25) is 0 Å². The first-order chi connectivity index (χ1) is 12.7. The molecule has 1 unspecified atom stereocenters. The molecule has 9 heteroatoms. The quantitative estimate of drug-likeness (QED) is 0.356. The third-order valence-electron chi connectivity index (χ3n) is 4.02. The van der Waals surface area contributed by atoms with Gasteiger partial charge in [0.25, 0.3) is 5.69 Å². The van der Waals surface area contributed by atoms with E-state index in [1.54, 1.807) is 13.8 Å². The fourth-order valence-electron chi connectivity index (χ4n) is 2.64.